The molecule has 1 aliphatic carbocycles. The highest BCUT2D eigenvalue weighted by Gasteiger charge is 2.25. The molecule has 3 nitrogen and oxygen atoms in total. The summed E-state index contributed by atoms with van der Waals surface area (Å²) in [4.78, 5) is 15.3. The van der Waals surface area contributed by atoms with E-state index in [2.05, 4.69) is 4.98 Å². The van der Waals surface area contributed by atoms with Gasteiger partial charge in [-0.25, -0.2) is 0 Å². The van der Waals surface area contributed by atoms with Gasteiger partial charge in [0, 0.05) is 6.20 Å². The van der Waals surface area contributed by atoms with Crippen LogP contribution in [0.3, 0.4) is 0 Å². The molecule has 1 heterocycles. The lowest BCUT2D eigenvalue weighted by molar-refractivity contribution is 0.111. The second-order valence-electron chi connectivity index (χ2n) is 4.20. The predicted molar refractivity (Wildman–Crippen MR) is 57.4 cm³/mol. The second kappa shape index (κ2) is 4.01. The summed E-state index contributed by atoms with van der Waals surface area (Å²) in [7, 11) is 0. The molecule has 2 rings (SSSR count). The molecule has 0 aliphatic heterocycles. The molecule has 0 atom stereocenters. The van der Waals surface area contributed by atoms with Crippen LogP contribution in [0.25, 0.3) is 0 Å². The minimum Gasteiger partial charge on any atom is -0.490 e. The molecule has 1 aliphatic rings. The zero-order valence-electron chi connectivity index (χ0n) is 9.06. The highest BCUT2D eigenvalue weighted by atomic mass is 16.5. The summed E-state index contributed by atoms with van der Waals surface area (Å²) in [6.07, 6.45) is 5.06. The lowest BCUT2D eigenvalue weighted by Crippen LogP contribution is -2.05. The minimum absolute atomic E-state index is 0.243. The van der Waals surface area contributed by atoms with Gasteiger partial charge in [0.25, 0.3) is 0 Å². The van der Waals surface area contributed by atoms with Crippen LogP contribution >= 0.6 is 0 Å². The van der Waals surface area contributed by atoms with Crippen molar-refractivity contribution in [2.75, 3.05) is 0 Å². The molecular formula is C12H15NO2. The Balaban J connectivity index is 2.34. The van der Waals surface area contributed by atoms with Gasteiger partial charge in [-0.3, -0.25) is 9.78 Å². The highest BCUT2D eigenvalue weighted by molar-refractivity contribution is 5.81. The lowest BCUT2D eigenvalue weighted by Gasteiger charge is -2.12. The largest absolute Gasteiger partial charge is 0.490 e. The van der Waals surface area contributed by atoms with Crippen LogP contribution < -0.4 is 4.74 Å². The lowest BCUT2D eigenvalue weighted by atomic mass is 10.0. The van der Waals surface area contributed by atoms with Crippen molar-refractivity contribution >= 4 is 6.29 Å². The van der Waals surface area contributed by atoms with Crippen molar-refractivity contribution in [1.82, 2.24) is 4.98 Å². The van der Waals surface area contributed by atoms with Gasteiger partial charge < -0.3 is 4.74 Å². The Morgan fingerprint density at radius 3 is 2.80 bits per heavy atom. The van der Waals surface area contributed by atoms with Crippen LogP contribution in [0.5, 0.6) is 5.75 Å². The number of aromatic nitrogens is 1. The Bertz CT molecular complexity index is 370. The van der Waals surface area contributed by atoms with E-state index in [0.717, 1.165) is 24.8 Å². The first kappa shape index (κ1) is 10.1. The molecule has 0 aromatic carbocycles. The molecule has 1 saturated carbocycles. The molecule has 1 aromatic rings. The van der Waals surface area contributed by atoms with Crippen molar-refractivity contribution in [2.45, 2.75) is 38.7 Å². The number of carbonyl (C=O) groups excluding carboxylic acids is 1. The Morgan fingerprint density at radius 1 is 1.53 bits per heavy atom. The van der Waals surface area contributed by atoms with Crippen molar-refractivity contribution in [2.24, 2.45) is 0 Å². The van der Waals surface area contributed by atoms with E-state index in [1.54, 1.807) is 12.3 Å². The molecule has 15 heavy (non-hydrogen) atoms. The summed E-state index contributed by atoms with van der Waals surface area (Å²) in [5.74, 6) is 0.930. The zero-order chi connectivity index (χ0) is 10.8. The van der Waals surface area contributed by atoms with Crippen molar-refractivity contribution in [3.63, 3.8) is 0 Å². The molecule has 0 amide bonds. The van der Waals surface area contributed by atoms with Gasteiger partial charge in [-0.1, -0.05) is 13.8 Å². The average Bonchev–Trinajstić information content (AvgIpc) is 3.01. The van der Waals surface area contributed by atoms with Crippen molar-refractivity contribution in [3.8, 4) is 5.75 Å². The molecule has 0 saturated heterocycles. The fourth-order valence-electron chi connectivity index (χ4n) is 1.52. The zero-order valence-corrected chi connectivity index (χ0v) is 9.06. The van der Waals surface area contributed by atoms with E-state index in [1.165, 1.54) is 0 Å². The molecule has 0 radical (unpaired) electrons. The van der Waals surface area contributed by atoms with Crippen LogP contribution in [0.4, 0.5) is 0 Å². The molecule has 80 valence electrons. The van der Waals surface area contributed by atoms with Crippen molar-refractivity contribution in [1.29, 1.82) is 0 Å². The fraction of sp³-hybridized carbons (Fsp3) is 0.500. The van der Waals surface area contributed by atoms with E-state index in [0.29, 0.717) is 17.4 Å². The maximum Gasteiger partial charge on any atom is 0.155 e. The van der Waals surface area contributed by atoms with E-state index < -0.39 is 0 Å². The number of rotatable bonds is 4. The Labute approximate surface area is 89.5 Å². The number of aldehydes is 1. The molecule has 0 bridgehead atoms. The Kier molecular flexibility index (Phi) is 2.71. The van der Waals surface area contributed by atoms with Gasteiger partial charge in [-0.2, -0.15) is 0 Å². The topological polar surface area (TPSA) is 39.2 Å². The minimum atomic E-state index is 0.243. The van der Waals surface area contributed by atoms with Gasteiger partial charge in [-0.05, 0) is 24.8 Å². The number of hydrogen-bond donors (Lipinski definition) is 0. The predicted octanol–water partition coefficient (Wildman–Crippen LogP) is 2.56. The van der Waals surface area contributed by atoms with E-state index in [4.69, 9.17) is 4.74 Å². The molecular weight excluding hydrogens is 190 g/mol. The van der Waals surface area contributed by atoms with Gasteiger partial charge in [0.1, 0.15) is 5.75 Å². The maximum absolute atomic E-state index is 11.0. The quantitative estimate of drug-likeness (QED) is 0.709. The van der Waals surface area contributed by atoms with Crippen LogP contribution in [0.15, 0.2) is 12.3 Å². The van der Waals surface area contributed by atoms with Crippen LogP contribution in [0, 0.1) is 0 Å². The third-order valence-electron chi connectivity index (χ3n) is 2.46. The third kappa shape index (κ3) is 2.17. The third-order valence-corrected chi connectivity index (χ3v) is 2.46. The summed E-state index contributed by atoms with van der Waals surface area (Å²) < 4.78 is 5.67. The second-order valence-corrected chi connectivity index (χ2v) is 4.20. The van der Waals surface area contributed by atoms with Crippen LogP contribution in [-0.4, -0.2) is 17.4 Å². The van der Waals surface area contributed by atoms with E-state index in [1.807, 2.05) is 13.8 Å². The summed E-state index contributed by atoms with van der Waals surface area (Å²) in [5, 5.41) is 0. The summed E-state index contributed by atoms with van der Waals surface area (Å²) in [5.41, 5.74) is 1.43. The average molecular weight is 205 g/mol. The van der Waals surface area contributed by atoms with Crippen LogP contribution in [0.2, 0.25) is 0 Å². The number of ether oxygens (including phenoxy) is 1. The highest BCUT2D eigenvalue weighted by Crippen LogP contribution is 2.30. The summed E-state index contributed by atoms with van der Waals surface area (Å²) in [6, 6.07) is 1.77. The molecule has 0 unspecified atom stereocenters. The maximum atomic E-state index is 11.0. The number of hydrogen-bond acceptors (Lipinski definition) is 3. The monoisotopic (exact) mass is 205 g/mol. The van der Waals surface area contributed by atoms with Crippen molar-refractivity contribution in [3.05, 3.63) is 23.5 Å². The summed E-state index contributed by atoms with van der Waals surface area (Å²) in [6.45, 7) is 4.05. The van der Waals surface area contributed by atoms with E-state index >= 15 is 0 Å². The van der Waals surface area contributed by atoms with E-state index in [-0.39, 0.29) is 5.92 Å². The Morgan fingerprint density at radius 2 is 2.27 bits per heavy atom. The first-order valence-electron chi connectivity index (χ1n) is 5.33. The summed E-state index contributed by atoms with van der Waals surface area (Å²) >= 11 is 0. The fourth-order valence-corrected chi connectivity index (χ4v) is 1.52. The Hall–Kier alpha value is -1.38. The van der Waals surface area contributed by atoms with Gasteiger partial charge >= 0.3 is 0 Å². The SMILES string of the molecule is CC(C)c1nccc(OC2CC2)c1C=O. The number of pyridine rings is 1. The normalized spacial score (nSPS) is 15.4. The molecule has 0 N–H and O–H groups in total. The molecule has 3 heteroatoms. The van der Waals surface area contributed by atoms with Gasteiger partial charge in [-0.15, -0.1) is 0 Å². The van der Waals surface area contributed by atoms with E-state index in [9.17, 15) is 4.79 Å². The van der Waals surface area contributed by atoms with Crippen molar-refractivity contribution < 1.29 is 9.53 Å². The molecule has 1 aromatic heterocycles. The smallest absolute Gasteiger partial charge is 0.155 e. The first-order valence-corrected chi connectivity index (χ1v) is 5.33. The van der Waals surface area contributed by atoms with Gasteiger partial charge in [0.15, 0.2) is 6.29 Å². The number of carbonyl (C=O) groups is 1. The number of nitrogens with zero attached hydrogens (tertiary/aromatic N) is 1. The standard InChI is InChI=1S/C12H15NO2/c1-8(2)12-10(7-14)11(5-6-13-12)15-9-3-4-9/h5-9H,3-4H2,1-2H3. The van der Waals surface area contributed by atoms with Crippen LogP contribution in [-0.2, 0) is 0 Å². The van der Waals surface area contributed by atoms with Gasteiger partial charge in [0.05, 0.1) is 17.4 Å². The molecule has 0 spiro atoms. The molecule has 1 fully saturated rings. The van der Waals surface area contributed by atoms with Crippen LogP contribution in [0.1, 0.15) is 48.7 Å². The van der Waals surface area contributed by atoms with Gasteiger partial charge in [0.2, 0.25) is 0 Å². The first-order chi connectivity index (χ1) is 7.22.